The van der Waals surface area contributed by atoms with Gasteiger partial charge >= 0.3 is 5.69 Å². The van der Waals surface area contributed by atoms with Gasteiger partial charge in [-0.3, -0.25) is 18.7 Å². The lowest BCUT2D eigenvalue weighted by Crippen LogP contribution is -2.44. The second-order valence-electron chi connectivity index (χ2n) is 8.23. The number of hydrogen-bond donors (Lipinski definition) is 1. The van der Waals surface area contributed by atoms with E-state index in [9.17, 15) is 19.5 Å². The van der Waals surface area contributed by atoms with E-state index in [1.54, 1.807) is 26.0 Å². The van der Waals surface area contributed by atoms with E-state index in [0.29, 0.717) is 5.75 Å². The molecule has 1 aromatic carbocycles. The standard InChI is InChI=1S/C22H26N2O9/c1-22(2)32-18-16(11-25)31-20(19(18)33-22)23-8-7-17(27)24(21(23)28)10-14(26)13-6-5-12(29-3)9-15(13)30-4/h5-9,16,18-20,25H,10-11H2,1-4H3/t16-,18-,19-,20-/m1/s1. The summed E-state index contributed by atoms with van der Waals surface area (Å²) in [5, 5.41) is 9.68. The Morgan fingerprint density at radius 1 is 1.12 bits per heavy atom. The molecular weight excluding hydrogens is 436 g/mol. The van der Waals surface area contributed by atoms with Crippen molar-refractivity contribution in [1.82, 2.24) is 9.13 Å². The number of ether oxygens (including phenoxy) is 5. The number of aliphatic hydroxyl groups is 1. The van der Waals surface area contributed by atoms with E-state index in [1.165, 1.54) is 37.1 Å². The number of aromatic nitrogens is 2. The summed E-state index contributed by atoms with van der Waals surface area (Å²) in [6.45, 7) is 2.61. The number of methoxy groups -OCH3 is 2. The van der Waals surface area contributed by atoms with Crippen LogP contribution in [-0.2, 0) is 20.8 Å². The van der Waals surface area contributed by atoms with Gasteiger partial charge < -0.3 is 28.8 Å². The molecule has 0 bridgehead atoms. The zero-order valence-corrected chi connectivity index (χ0v) is 18.7. The molecule has 11 nitrogen and oxygen atoms in total. The smallest absolute Gasteiger partial charge is 0.333 e. The molecule has 1 N–H and O–H groups in total. The largest absolute Gasteiger partial charge is 0.497 e. The minimum absolute atomic E-state index is 0.201. The van der Waals surface area contributed by atoms with Crippen LogP contribution in [0.4, 0.5) is 0 Å². The summed E-state index contributed by atoms with van der Waals surface area (Å²) in [6, 6.07) is 5.81. The van der Waals surface area contributed by atoms with Gasteiger partial charge in [-0.15, -0.1) is 0 Å². The molecule has 4 atom stereocenters. The Morgan fingerprint density at radius 3 is 2.52 bits per heavy atom. The Labute approximate surface area is 189 Å². The van der Waals surface area contributed by atoms with E-state index < -0.39 is 53.9 Å². The van der Waals surface area contributed by atoms with Gasteiger partial charge in [-0.1, -0.05) is 0 Å². The number of aliphatic hydroxyl groups excluding tert-OH is 1. The first-order valence-electron chi connectivity index (χ1n) is 10.4. The van der Waals surface area contributed by atoms with Crippen molar-refractivity contribution in [3.63, 3.8) is 0 Å². The third-order valence-electron chi connectivity index (χ3n) is 5.69. The van der Waals surface area contributed by atoms with Crippen LogP contribution in [0.1, 0.15) is 30.4 Å². The average Bonchev–Trinajstić information content (AvgIpc) is 3.28. The molecule has 0 radical (unpaired) electrons. The predicted molar refractivity (Wildman–Crippen MR) is 114 cm³/mol. The molecule has 4 rings (SSSR count). The van der Waals surface area contributed by atoms with Gasteiger partial charge in [-0.05, 0) is 26.0 Å². The van der Waals surface area contributed by atoms with Gasteiger partial charge in [0.15, 0.2) is 17.8 Å². The van der Waals surface area contributed by atoms with Crippen molar-refractivity contribution in [3.05, 3.63) is 56.9 Å². The van der Waals surface area contributed by atoms with Crippen molar-refractivity contribution in [2.45, 2.75) is 50.7 Å². The molecule has 0 saturated carbocycles. The molecule has 2 aliphatic heterocycles. The normalized spacial score (nSPS) is 25.6. The zero-order valence-electron chi connectivity index (χ0n) is 18.7. The number of benzene rings is 1. The minimum atomic E-state index is -0.945. The van der Waals surface area contributed by atoms with Crippen LogP contribution in [0.15, 0.2) is 40.1 Å². The van der Waals surface area contributed by atoms with Crippen molar-refractivity contribution >= 4 is 5.78 Å². The third-order valence-corrected chi connectivity index (χ3v) is 5.69. The molecule has 2 fully saturated rings. The van der Waals surface area contributed by atoms with Crippen LogP contribution >= 0.6 is 0 Å². The predicted octanol–water partition coefficient (Wildman–Crippen LogP) is 0.320. The molecule has 178 valence electrons. The van der Waals surface area contributed by atoms with Crippen LogP contribution in [0, 0.1) is 0 Å². The highest BCUT2D eigenvalue weighted by Crippen LogP contribution is 2.42. The fourth-order valence-electron chi connectivity index (χ4n) is 4.16. The number of rotatable bonds is 7. The van der Waals surface area contributed by atoms with Crippen LogP contribution in [0.25, 0.3) is 0 Å². The Bertz CT molecular complexity index is 1170. The minimum Gasteiger partial charge on any atom is -0.497 e. The van der Waals surface area contributed by atoms with E-state index in [0.717, 1.165) is 4.57 Å². The van der Waals surface area contributed by atoms with Gasteiger partial charge in [-0.2, -0.15) is 0 Å². The molecule has 0 unspecified atom stereocenters. The number of ketones is 1. The fourth-order valence-corrected chi connectivity index (χ4v) is 4.16. The van der Waals surface area contributed by atoms with E-state index in [4.69, 9.17) is 23.7 Å². The Hall–Kier alpha value is -2.99. The second-order valence-corrected chi connectivity index (χ2v) is 8.23. The maximum atomic E-state index is 13.2. The highest BCUT2D eigenvalue weighted by Gasteiger charge is 2.55. The molecule has 2 aromatic rings. The van der Waals surface area contributed by atoms with Crippen molar-refractivity contribution in [2.75, 3.05) is 20.8 Å². The first-order chi connectivity index (χ1) is 15.7. The zero-order chi connectivity index (χ0) is 23.9. The molecule has 0 spiro atoms. The average molecular weight is 462 g/mol. The molecule has 2 aliphatic rings. The van der Waals surface area contributed by atoms with Gasteiger partial charge in [0, 0.05) is 18.3 Å². The molecule has 3 heterocycles. The SMILES string of the molecule is COc1ccc(C(=O)Cn2c(=O)ccn([C@@H]3O[C@H](CO)[C@H]4OC(C)(C)O[C@H]43)c2=O)c(OC)c1. The van der Waals surface area contributed by atoms with Crippen LogP contribution in [0.2, 0.25) is 0 Å². The lowest BCUT2D eigenvalue weighted by molar-refractivity contribution is -0.200. The maximum absolute atomic E-state index is 13.2. The lowest BCUT2D eigenvalue weighted by atomic mass is 10.1. The first kappa shape index (κ1) is 23.2. The van der Waals surface area contributed by atoms with Crippen molar-refractivity contribution in [2.24, 2.45) is 0 Å². The van der Waals surface area contributed by atoms with E-state index in [2.05, 4.69) is 0 Å². The van der Waals surface area contributed by atoms with Crippen LogP contribution in [0.3, 0.4) is 0 Å². The molecule has 0 amide bonds. The molecule has 33 heavy (non-hydrogen) atoms. The monoisotopic (exact) mass is 462 g/mol. The quantitative estimate of drug-likeness (QED) is 0.579. The van der Waals surface area contributed by atoms with Gasteiger partial charge in [-0.25, -0.2) is 4.79 Å². The summed E-state index contributed by atoms with van der Waals surface area (Å²) in [5.74, 6) is -0.665. The Balaban J connectivity index is 1.67. The van der Waals surface area contributed by atoms with Crippen LogP contribution < -0.4 is 20.7 Å². The van der Waals surface area contributed by atoms with Crippen LogP contribution in [0.5, 0.6) is 11.5 Å². The summed E-state index contributed by atoms with van der Waals surface area (Å²) in [4.78, 5) is 38.7. The van der Waals surface area contributed by atoms with Gasteiger partial charge in [0.2, 0.25) is 0 Å². The van der Waals surface area contributed by atoms with E-state index in [-0.39, 0.29) is 17.9 Å². The summed E-state index contributed by atoms with van der Waals surface area (Å²) in [7, 11) is 2.89. The number of carbonyl (C=O) groups excluding carboxylic acids is 1. The Kier molecular flexibility index (Phi) is 6.14. The molecular formula is C22H26N2O9. The topological polar surface area (TPSA) is 127 Å². The molecule has 0 aliphatic carbocycles. The third kappa shape index (κ3) is 4.20. The number of Topliss-reactive ketones (excluding diaryl/α,β-unsaturated/α-hetero) is 1. The molecule has 1 aromatic heterocycles. The van der Waals surface area contributed by atoms with E-state index in [1.807, 2.05) is 0 Å². The summed E-state index contributed by atoms with van der Waals surface area (Å²) < 4.78 is 29.9. The molecule has 2 saturated heterocycles. The number of carbonyl (C=O) groups is 1. The number of hydrogen-bond acceptors (Lipinski definition) is 9. The van der Waals surface area contributed by atoms with Crippen LogP contribution in [-0.4, -0.2) is 64.9 Å². The number of nitrogens with zero attached hydrogens (tertiary/aromatic N) is 2. The van der Waals surface area contributed by atoms with Crippen molar-refractivity contribution in [1.29, 1.82) is 0 Å². The Morgan fingerprint density at radius 2 is 1.85 bits per heavy atom. The first-order valence-corrected chi connectivity index (χ1v) is 10.4. The lowest BCUT2D eigenvalue weighted by Gasteiger charge is -2.24. The van der Waals surface area contributed by atoms with Gasteiger partial charge in [0.25, 0.3) is 5.56 Å². The summed E-state index contributed by atoms with van der Waals surface area (Å²) >= 11 is 0. The van der Waals surface area contributed by atoms with Gasteiger partial charge in [0.1, 0.15) is 29.8 Å². The second kappa shape index (κ2) is 8.75. The number of fused-ring (bicyclic) bond motifs is 1. The maximum Gasteiger partial charge on any atom is 0.333 e. The highest BCUT2D eigenvalue weighted by molar-refractivity contribution is 5.98. The van der Waals surface area contributed by atoms with Crippen molar-refractivity contribution in [3.8, 4) is 11.5 Å². The fraction of sp³-hybridized carbons (Fsp3) is 0.500. The molecule has 11 heteroatoms. The highest BCUT2D eigenvalue weighted by atomic mass is 16.8. The summed E-state index contributed by atoms with van der Waals surface area (Å²) in [6.07, 6.45) is -1.64. The van der Waals surface area contributed by atoms with Crippen molar-refractivity contribution < 1.29 is 33.6 Å². The summed E-state index contributed by atoms with van der Waals surface area (Å²) in [5.41, 5.74) is -1.19. The van der Waals surface area contributed by atoms with Gasteiger partial charge in [0.05, 0.1) is 32.9 Å². The van der Waals surface area contributed by atoms with E-state index >= 15 is 0 Å².